The molecule has 0 bridgehead atoms. The SMILES string of the molecule is C=CCc1cc(/C=C2\C(=O)ON=C2c2ccccc2)cc(OC)c1OCc1cccc2ccccc12. The third-order valence-electron chi connectivity index (χ3n) is 6.04. The number of ether oxygens (including phenoxy) is 2. The van der Waals surface area contributed by atoms with E-state index in [1.807, 2.05) is 66.7 Å². The highest BCUT2D eigenvalue weighted by molar-refractivity contribution is 6.31. The van der Waals surface area contributed by atoms with E-state index in [1.54, 1.807) is 13.2 Å². The van der Waals surface area contributed by atoms with Gasteiger partial charge in [0.15, 0.2) is 11.5 Å². The van der Waals surface area contributed by atoms with Gasteiger partial charge in [-0.3, -0.25) is 0 Å². The topological polar surface area (TPSA) is 57.1 Å². The minimum absolute atomic E-state index is 0.386. The molecule has 0 spiro atoms. The molecule has 5 heteroatoms. The highest BCUT2D eigenvalue weighted by Gasteiger charge is 2.27. The molecular weight excluding hydrogens is 450 g/mol. The minimum Gasteiger partial charge on any atom is -0.493 e. The Balaban J connectivity index is 1.50. The number of allylic oxidation sites excluding steroid dienone is 1. The molecule has 5 rings (SSSR count). The first-order valence-corrected chi connectivity index (χ1v) is 11.7. The van der Waals surface area contributed by atoms with Crippen molar-refractivity contribution >= 4 is 28.5 Å². The van der Waals surface area contributed by atoms with Gasteiger partial charge in [-0.1, -0.05) is 84.0 Å². The lowest BCUT2D eigenvalue weighted by molar-refractivity contribution is -0.136. The average Bonchev–Trinajstić information content (AvgIpc) is 3.28. The van der Waals surface area contributed by atoms with E-state index in [1.165, 1.54) is 0 Å². The van der Waals surface area contributed by atoms with Crippen LogP contribution in [0, 0.1) is 0 Å². The summed E-state index contributed by atoms with van der Waals surface area (Å²) >= 11 is 0. The van der Waals surface area contributed by atoms with Crippen molar-refractivity contribution in [2.24, 2.45) is 5.16 Å². The molecule has 0 amide bonds. The number of nitrogens with zero attached hydrogens (tertiary/aromatic N) is 1. The molecule has 0 fully saturated rings. The fourth-order valence-electron chi connectivity index (χ4n) is 4.34. The second-order valence-corrected chi connectivity index (χ2v) is 8.37. The Kier molecular flexibility index (Phi) is 6.63. The molecule has 178 valence electrons. The number of oxime groups is 1. The quantitative estimate of drug-likeness (QED) is 0.166. The van der Waals surface area contributed by atoms with Crippen molar-refractivity contribution in [3.05, 3.63) is 125 Å². The van der Waals surface area contributed by atoms with Gasteiger partial charge in [-0.25, -0.2) is 4.79 Å². The number of carbonyl (C=O) groups is 1. The van der Waals surface area contributed by atoms with Crippen LogP contribution in [0.1, 0.15) is 22.3 Å². The molecule has 1 aliphatic heterocycles. The number of carbonyl (C=O) groups excluding carboxylic acids is 1. The summed E-state index contributed by atoms with van der Waals surface area (Å²) in [5.41, 5.74) is 4.46. The van der Waals surface area contributed by atoms with Crippen LogP contribution in [0.3, 0.4) is 0 Å². The summed E-state index contributed by atoms with van der Waals surface area (Å²) in [7, 11) is 1.61. The van der Waals surface area contributed by atoms with Gasteiger partial charge in [-0.2, -0.15) is 0 Å². The Morgan fingerprint density at radius 2 is 1.72 bits per heavy atom. The molecule has 0 radical (unpaired) electrons. The van der Waals surface area contributed by atoms with Crippen LogP contribution >= 0.6 is 0 Å². The molecule has 4 aromatic carbocycles. The summed E-state index contributed by atoms with van der Waals surface area (Å²) in [4.78, 5) is 17.5. The zero-order chi connectivity index (χ0) is 24.9. The van der Waals surface area contributed by atoms with Gasteiger partial charge < -0.3 is 14.3 Å². The fraction of sp³-hybridized carbons (Fsp3) is 0.0968. The molecule has 1 aliphatic rings. The standard InChI is InChI=1S/C31H25NO4/c1-3-10-24-17-21(18-27-29(32-36-31(27)33)23-12-5-4-6-13-23)19-28(34-2)30(24)35-20-25-15-9-14-22-11-7-8-16-26(22)25/h3-9,11-19H,1,10,20H2,2H3/b27-18-. The third kappa shape index (κ3) is 4.64. The van der Waals surface area contributed by atoms with Crippen molar-refractivity contribution < 1.29 is 19.1 Å². The molecule has 5 nitrogen and oxygen atoms in total. The number of hydrogen-bond acceptors (Lipinski definition) is 5. The van der Waals surface area contributed by atoms with Crippen LogP contribution in [0.5, 0.6) is 11.5 Å². The van der Waals surface area contributed by atoms with E-state index < -0.39 is 5.97 Å². The van der Waals surface area contributed by atoms with Crippen molar-refractivity contribution in [2.75, 3.05) is 7.11 Å². The van der Waals surface area contributed by atoms with Crippen LogP contribution in [0.2, 0.25) is 0 Å². The maximum absolute atomic E-state index is 12.5. The Labute approximate surface area is 209 Å². The summed E-state index contributed by atoms with van der Waals surface area (Å²) in [5.74, 6) is 0.735. The molecular formula is C31H25NO4. The van der Waals surface area contributed by atoms with Crippen LogP contribution in [-0.4, -0.2) is 18.8 Å². The summed E-state index contributed by atoms with van der Waals surface area (Å²) in [6.07, 6.45) is 4.16. The number of methoxy groups -OCH3 is 1. The molecule has 0 N–H and O–H groups in total. The van der Waals surface area contributed by atoms with E-state index in [9.17, 15) is 4.79 Å². The summed E-state index contributed by atoms with van der Waals surface area (Å²) < 4.78 is 12.1. The summed E-state index contributed by atoms with van der Waals surface area (Å²) in [6, 6.07) is 27.7. The maximum Gasteiger partial charge on any atom is 0.368 e. The smallest absolute Gasteiger partial charge is 0.368 e. The molecule has 4 aromatic rings. The number of hydrogen-bond donors (Lipinski definition) is 0. The van der Waals surface area contributed by atoms with Crippen molar-refractivity contribution in [3.63, 3.8) is 0 Å². The minimum atomic E-state index is -0.491. The van der Waals surface area contributed by atoms with E-state index in [4.69, 9.17) is 14.3 Å². The summed E-state index contributed by atoms with van der Waals surface area (Å²) in [5, 5.41) is 6.31. The first-order chi connectivity index (χ1) is 17.7. The van der Waals surface area contributed by atoms with Crippen LogP contribution in [0.4, 0.5) is 0 Å². The zero-order valence-corrected chi connectivity index (χ0v) is 19.9. The lowest BCUT2D eigenvalue weighted by Crippen LogP contribution is -2.07. The lowest BCUT2D eigenvalue weighted by atomic mass is 9.99. The monoisotopic (exact) mass is 475 g/mol. The van der Waals surface area contributed by atoms with Gasteiger partial charge in [-0.05, 0) is 46.5 Å². The second kappa shape index (κ2) is 10.3. The van der Waals surface area contributed by atoms with E-state index >= 15 is 0 Å². The first-order valence-electron chi connectivity index (χ1n) is 11.7. The second-order valence-electron chi connectivity index (χ2n) is 8.37. The number of rotatable bonds is 8. The van der Waals surface area contributed by atoms with E-state index in [0.29, 0.717) is 35.8 Å². The molecule has 36 heavy (non-hydrogen) atoms. The lowest BCUT2D eigenvalue weighted by Gasteiger charge is -2.17. The van der Waals surface area contributed by atoms with Gasteiger partial charge in [0.25, 0.3) is 0 Å². The van der Waals surface area contributed by atoms with E-state index in [0.717, 1.165) is 33.0 Å². The average molecular weight is 476 g/mol. The van der Waals surface area contributed by atoms with Crippen LogP contribution in [0.25, 0.3) is 16.8 Å². The Morgan fingerprint density at radius 1 is 0.944 bits per heavy atom. The zero-order valence-electron chi connectivity index (χ0n) is 19.9. The summed E-state index contributed by atoms with van der Waals surface area (Å²) in [6.45, 7) is 4.29. The highest BCUT2D eigenvalue weighted by atomic mass is 16.7. The number of benzene rings is 4. The molecule has 0 saturated carbocycles. The molecule has 0 aromatic heterocycles. The first kappa shape index (κ1) is 23.1. The Morgan fingerprint density at radius 3 is 2.53 bits per heavy atom. The van der Waals surface area contributed by atoms with Gasteiger partial charge in [0.1, 0.15) is 12.3 Å². The van der Waals surface area contributed by atoms with E-state index in [-0.39, 0.29) is 0 Å². The fourth-order valence-corrected chi connectivity index (χ4v) is 4.34. The predicted octanol–water partition coefficient (Wildman–Crippen LogP) is 6.50. The maximum atomic E-state index is 12.5. The molecule has 0 atom stereocenters. The van der Waals surface area contributed by atoms with Crippen LogP contribution in [0.15, 0.2) is 108 Å². The normalized spacial score (nSPS) is 14.0. The predicted molar refractivity (Wildman–Crippen MR) is 142 cm³/mol. The molecule has 0 saturated heterocycles. The van der Waals surface area contributed by atoms with Crippen molar-refractivity contribution in [3.8, 4) is 11.5 Å². The van der Waals surface area contributed by atoms with Gasteiger partial charge in [-0.15, -0.1) is 6.58 Å². The van der Waals surface area contributed by atoms with Gasteiger partial charge in [0.05, 0.1) is 12.7 Å². The molecule has 1 heterocycles. The van der Waals surface area contributed by atoms with Gasteiger partial charge in [0.2, 0.25) is 0 Å². The van der Waals surface area contributed by atoms with Gasteiger partial charge in [0, 0.05) is 11.1 Å². The Bertz CT molecular complexity index is 1500. The van der Waals surface area contributed by atoms with Crippen molar-refractivity contribution in [1.82, 2.24) is 0 Å². The van der Waals surface area contributed by atoms with Crippen molar-refractivity contribution in [1.29, 1.82) is 0 Å². The van der Waals surface area contributed by atoms with Gasteiger partial charge >= 0.3 is 5.97 Å². The van der Waals surface area contributed by atoms with E-state index in [2.05, 4.69) is 36.0 Å². The van der Waals surface area contributed by atoms with Crippen LogP contribution < -0.4 is 9.47 Å². The third-order valence-corrected chi connectivity index (χ3v) is 6.04. The Hall–Kier alpha value is -4.64. The number of fused-ring (bicyclic) bond motifs is 1. The van der Waals surface area contributed by atoms with Crippen molar-refractivity contribution in [2.45, 2.75) is 13.0 Å². The van der Waals surface area contributed by atoms with Crippen LogP contribution in [-0.2, 0) is 22.7 Å². The molecule has 0 unspecified atom stereocenters. The highest BCUT2D eigenvalue weighted by Crippen LogP contribution is 2.36. The molecule has 0 aliphatic carbocycles. The largest absolute Gasteiger partial charge is 0.493 e.